The zero-order chi connectivity index (χ0) is 14.8. The summed E-state index contributed by atoms with van der Waals surface area (Å²) in [5.41, 5.74) is -3.36. The van der Waals surface area contributed by atoms with Gasteiger partial charge in [0.2, 0.25) is 0 Å². The number of hydrogen-bond acceptors (Lipinski definition) is 3. The first-order valence-electron chi connectivity index (χ1n) is 4.91. The van der Waals surface area contributed by atoms with E-state index in [0.29, 0.717) is 0 Å². The number of pyridine rings is 1. The van der Waals surface area contributed by atoms with E-state index in [-0.39, 0.29) is 12.7 Å². The Balaban J connectivity index is 3.48. The second kappa shape index (κ2) is 5.97. The number of alkyl halides is 5. The van der Waals surface area contributed by atoms with E-state index in [1.54, 1.807) is 0 Å². The van der Waals surface area contributed by atoms with E-state index < -0.39 is 39.1 Å². The minimum Gasteiger partial charge on any atom is -0.462 e. The summed E-state index contributed by atoms with van der Waals surface area (Å²) in [6.07, 6.45) is -8.11. The fourth-order valence-electron chi connectivity index (χ4n) is 1.27. The second-order valence-corrected chi connectivity index (χ2v) is 4.30. The Kier molecular flexibility index (Phi) is 5.04. The number of ether oxygens (including phenoxy) is 1. The lowest BCUT2D eigenvalue weighted by Gasteiger charge is -2.14. The quantitative estimate of drug-likeness (QED) is 0.338. The molecule has 0 N–H and O–H groups in total. The maximum atomic E-state index is 12.8. The predicted molar refractivity (Wildman–Crippen MR) is 62.9 cm³/mol. The summed E-state index contributed by atoms with van der Waals surface area (Å²) in [4.78, 5) is 14.7. The van der Waals surface area contributed by atoms with E-state index in [0.717, 1.165) is 0 Å². The van der Waals surface area contributed by atoms with Crippen LogP contribution in [0, 0.1) is 3.70 Å². The molecule has 0 aromatic carbocycles. The highest BCUT2D eigenvalue weighted by molar-refractivity contribution is 14.1. The third-order valence-electron chi connectivity index (χ3n) is 2.00. The van der Waals surface area contributed by atoms with Crippen LogP contribution in [0.4, 0.5) is 22.0 Å². The van der Waals surface area contributed by atoms with E-state index in [9.17, 15) is 26.7 Å². The van der Waals surface area contributed by atoms with Crippen molar-refractivity contribution >= 4 is 28.6 Å². The number of carbonyl (C=O) groups excluding carboxylic acids is 1. The van der Waals surface area contributed by atoms with Crippen LogP contribution in [0.2, 0.25) is 0 Å². The number of carbonyl (C=O) groups is 1. The first-order chi connectivity index (χ1) is 8.68. The van der Waals surface area contributed by atoms with Crippen LogP contribution in [0.15, 0.2) is 6.07 Å². The molecule has 0 spiro atoms. The van der Waals surface area contributed by atoms with Gasteiger partial charge in [-0.3, -0.25) is 0 Å². The van der Waals surface area contributed by atoms with Crippen LogP contribution in [0.3, 0.4) is 0 Å². The third kappa shape index (κ3) is 3.74. The number of halogens is 6. The predicted octanol–water partition coefficient (Wildman–Crippen LogP) is 3.82. The van der Waals surface area contributed by atoms with Crippen LogP contribution in [0.25, 0.3) is 0 Å². The summed E-state index contributed by atoms with van der Waals surface area (Å²) in [6.45, 7) is 1.28. The molecule has 0 aliphatic carbocycles. The summed E-state index contributed by atoms with van der Waals surface area (Å²) < 4.78 is 67.3. The van der Waals surface area contributed by atoms with Crippen molar-refractivity contribution < 1.29 is 31.5 Å². The van der Waals surface area contributed by atoms with E-state index in [4.69, 9.17) is 0 Å². The first-order valence-corrected chi connectivity index (χ1v) is 5.99. The molecule has 0 aliphatic rings. The van der Waals surface area contributed by atoms with Gasteiger partial charge >= 0.3 is 12.1 Å². The average Bonchev–Trinajstić information content (AvgIpc) is 2.26. The minimum absolute atomic E-state index is 0.136. The lowest BCUT2D eigenvalue weighted by atomic mass is 10.1. The SMILES string of the molecule is CCOC(=O)c1c(C(F)(F)F)cc(C(F)F)nc1I. The van der Waals surface area contributed by atoms with Gasteiger partial charge in [-0.05, 0) is 35.6 Å². The smallest absolute Gasteiger partial charge is 0.417 e. The van der Waals surface area contributed by atoms with Gasteiger partial charge in [0.05, 0.1) is 12.2 Å². The Morgan fingerprint density at radius 1 is 1.47 bits per heavy atom. The Hall–Kier alpha value is -1.00. The summed E-state index contributed by atoms with van der Waals surface area (Å²) in [6, 6.07) is 0.166. The number of nitrogens with zero attached hydrogens (tertiary/aromatic N) is 1. The summed E-state index contributed by atoms with van der Waals surface area (Å²) >= 11 is 1.29. The molecule has 0 aliphatic heterocycles. The van der Waals surface area contributed by atoms with E-state index >= 15 is 0 Å². The molecule has 1 rings (SSSR count). The average molecular weight is 395 g/mol. The van der Waals surface area contributed by atoms with Gasteiger partial charge in [0.15, 0.2) is 0 Å². The fraction of sp³-hybridized carbons (Fsp3) is 0.400. The molecule has 0 bridgehead atoms. The van der Waals surface area contributed by atoms with Gasteiger partial charge in [-0.15, -0.1) is 0 Å². The molecule has 9 heteroatoms. The third-order valence-corrected chi connectivity index (χ3v) is 2.78. The molecule has 0 saturated heterocycles. The zero-order valence-corrected chi connectivity index (χ0v) is 11.6. The van der Waals surface area contributed by atoms with Gasteiger partial charge < -0.3 is 4.74 Å². The van der Waals surface area contributed by atoms with Crippen molar-refractivity contribution in [3.63, 3.8) is 0 Å². The Morgan fingerprint density at radius 2 is 2.05 bits per heavy atom. The monoisotopic (exact) mass is 395 g/mol. The van der Waals surface area contributed by atoms with Crippen LogP contribution in [-0.4, -0.2) is 17.6 Å². The van der Waals surface area contributed by atoms with E-state index in [1.165, 1.54) is 29.5 Å². The molecule has 0 atom stereocenters. The molecule has 19 heavy (non-hydrogen) atoms. The minimum atomic E-state index is -4.95. The maximum Gasteiger partial charge on any atom is 0.417 e. The van der Waals surface area contributed by atoms with Crippen molar-refractivity contribution in [2.75, 3.05) is 6.61 Å². The number of esters is 1. The van der Waals surface area contributed by atoms with Gasteiger partial charge in [0, 0.05) is 0 Å². The zero-order valence-electron chi connectivity index (χ0n) is 9.39. The molecule has 0 unspecified atom stereocenters. The lowest BCUT2D eigenvalue weighted by molar-refractivity contribution is -0.138. The highest BCUT2D eigenvalue weighted by atomic mass is 127. The van der Waals surface area contributed by atoms with Gasteiger partial charge in [0.25, 0.3) is 6.43 Å². The summed E-state index contributed by atoms with van der Waals surface area (Å²) in [7, 11) is 0. The molecule has 0 amide bonds. The second-order valence-electron chi connectivity index (χ2n) is 3.28. The van der Waals surface area contributed by atoms with Crippen molar-refractivity contribution in [3.05, 3.63) is 26.6 Å². The molecule has 0 saturated carbocycles. The van der Waals surface area contributed by atoms with E-state index in [1.807, 2.05) is 0 Å². The molecule has 3 nitrogen and oxygen atoms in total. The Labute approximate surface area is 118 Å². The number of rotatable bonds is 3. The fourth-order valence-corrected chi connectivity index (χ4v) is 2.05. The van der Waals surface area contributed by atoms with Gasteiger partial charge in [0.1, 0.15) is 15.0 Å². The molecule has 1 aromatic heterocycles. The van der Waals surface area contributed by atoms with Crippen molar-refractivity contribution in [3.8, 4) is 0 Å². The molecule has 1 aromatic rings. The molecular formula is C10H7F5INO2. The molecular weight excluding hydrogens is 388 g/mol. The van der Waals surface area contributed by atoms with Crippen molar-refractivity contribution in [2.24, 2.45) is 0 Å². The van der Waals surface area contributed by atoms with Crippen LogP contribution in [-0.2, 0) is 10.9 Å². The largest absolute Gasteiger partial charge is 0.462 e. The van der Waals surface area contributed by atoms with Crippen LogP contribution in [0.1, 0.15) is 35.0 Å². The summed E-state index contributed by atoms with van der Waals surface area (Å²) in [5.74, 6) is -1.24. The highest BCUT2D eigenvalue weighted by Crippen LogP contribution is 2.36. The van der Waals surface area contributed by atoms with Gasteiger partial charge in [-0.2, -0.15) is 13.2 Å². The lowest BCUT2D eigenvalue weighted by Crippen LogP contribution is -2.19. The topological polar surface area (TPSA) is 39.2 Å². The van der Waals surface area contributed by atoms with Crippen LogP contribution in [0.5, 0.6) is 0 Å². The van der Waals surface area contributed by atoms with Crippen molar-refractivity contribution in [2.45, 2.75) is 19.5 Å². The van der Waals surface area contributed by atoms with Crippen LogP contribution >= 0.6 is 22.6 Å². The van der Waals surface area contributed by atoms with Gasteiger partial charge in [-0.1, -0.05) is 0 Å². The summed E-state index contributed by atoms with van der Waals surface area (Å²) in [5, 5.41) is 0. The maximum absolute atomic E-state index is 12.8. The highest BCUT2D eigenvalue weighted by Gasteiger charge is 2.38. The first kappa shape index (κ1) is 16.1. The van der Waals surface area contributed by atoms with Crippen LogP contribution < -0.4 is 0 Å². The van der Waals surface area contributed by atoms with Crippen molar-refractivity contribution in [1.29, 1.82) is 0 Å². The normalized spacial score (nSPS) is 11.8. The standard InChI is InChI=1S/C10H7F5INO2/c1-2-19-9(18)6-4(10(13,14)15)3-5(7(11)12)17-8(6)16/h3,7H,2H2,1H3. The van der Waals surface area contributed by atoms with E-state index in [2.05, 4.69) is 9.72 Å². The van der Waals surface area contributed by atoms with Gasteiger partial charge in [-0.25, -0.2) is 18.6 Å². The number of aromatic nitrogens is 1. The Morgan fingerprint density at radius 3 is 2.47 bits per heavy atom. The molecule has 106 valence electrons. The van der Waals surface area contributed by atoms with Crippen molar-refractivity contribution in [1.82, 2.24) is 4.98 Å². The molecule has 1 heterocycles. The molecule has 0 radical (unpaired) electrons. The Bertz CT molecular complexity index is 490. The molecule has 0 fully saturated rings. The number of hydrogen-bond donors (Lipinski definition) is 0.